The molecule has 3 nitrogen and oxygen atoms in total. The van der Waals surface area contributed by atoms with Gasteiger partial charge in [-0.3, -0.25) is 4.79 Å². The molecule has 1 rings (SSSR count). The van der Waals surface area contributed by atoms with Crippen molar-refractivity contribution in [3.8, 4) is 6.07 Å². The summed E-state index contributed by atoms with van der Waals surface area (Å²) < 4.78 is 0. The number of hydrogen-bond acceptors (Lipinski definition) is 3. The molecule has 0 aromatic heterocycles. The summed E-state index contributed by atoms with van der Waals surface area (Å²) in [7, 11) is 0. The third-order valence-electron chi connectivity index (χ3n) is 1.88. The lowest BCUT2D eigenvalue weighted by molar-refractivity contribution is -0.114. The van der Waals surface area contributed by atoms with E-state index in [2.05, 4.69) is 24.0 Å². The van der Waals surface area contributed by atoms with Crippen molar-refractivity contribution in [1.82, 2.24) is 0 Å². The Hall–Kier alpha value is -1.47. The lowest BCUT2D eigenvalue weighted by Gasteiger charge is -2.09. The van der Waals surface area contributed by atoms with Crippen LogP contribution in [-0.2, 0) is 4.79 Å². The molecule has 1 aromatic rings. The Morgan fingerprint density at radius 3 is 3.00 bits per heavy atom. The molecular formula is C11H12N2OS. The van der Waals surface area contributed by atoms with Crippen molar-refractivity contribution in [1.29, 1.82) is 5.26 Å². The number of nitrogens with zero attached hydrogens (tertiary/aromatic N) is 1. The number of rotatable bonds is 3. The van der Waals surface area contributed by atoms with Gasteiger partial charge in [-0.15, -0.1) is 0 Å². The fourth-order valence-electron chi connectivity index (χ4n) is 1.23. The number of carbonyl (C=O) groups is 1. The van der Waals surface area contributed by atoms with E-state index in [1.165, 1.54) is 6.92 Å². The van der Waals surface area contributed by atoms with E-state index in [0.717, 1.165) is 11.3 Å². The van der Waals surface area contributed by atoms with Crippen LogP contribution in [0.4, 0.5) is 5.69 Å². The first kappa shape index (κ1) is 11.6. The van der Waals surface area contributed by atoms with E-state index in [9.17, 15) is 4.79 Å². The molecule has 0 bridgehead atoms. The molecule has 0 heterocycles. The standard InChI is InChI=1S/C11H12N2OS/c1-8(14)13-10-4-2-3-9(7-10)11(15)5-6-12/h2-4,7,11,15H,5H2,1H3,(H,13,14). The van der Waals surface area contributed by atoms with Gasteiger partial charge in [-0.05, 0) is 17.7 Å². The molecule has 1 amide bonds. The molecule has 1 aromatic carbocycles. The predicted molar refractivity (Wildman–Crippen MR) is 62.7 cm³/mol. The molecule has 0 saturated heterocycles. The number of thiol groups is 1. The largest absolute Gasteiger partial charge is 0.326 e. The van der Waals surface area contributed by atoms with Crippen LogP contribution < -0.4 is 5.32 Å². The van der Waals surface area contributed by atoms with Crippen LogP contribution >= 0.6 is 12.6 Å². The molecule has 0 spiro atoms. The monoisotopic (exact) mass is 220 g/mol. The van der Waals surface area contributed by atoms with E-state index < -0.39 is 0 Å². The summed E-state index contributed by atoms with van der Waals surface area (Å²) in [5.41, 5.74) is 1.67. The van der Waals surface area contributed by atoms with Gasteiger partial charge in [0.05, 0.1) is 12.5 Å². The van der Waals surface area contributed by atoms with Gasteiger partial charge >= 0.3 is 0 Å². The highest BCUT2D eigenvalue weighted by molar-refractivity contribution is 7.80. The molecule has 1 N–H and O–H groups in total. The second-order valence-corrected chi connectivity index (χ2v) is 3.81. The van der Waals surface area contributed by atoms with Crippen LogP contribution in [0.3, 0.4) is 0 Å². The molecule has 0 aliphatic heterocycles. The Morgan fingerprint density at radius 2 is 2.40 bits per heavy atom. The van der Waals surface area contributed by atoms with E-state index in [1.807, 2.05) is 18.2 Å². The summed E-state index contributed by atoms with van der Waals surface area (Å²) in [6.45, 7) is 1.46. The Labute approximate surface area is 94.5 Å². The van der Waals surface area contributed by atoms with Crippen LogP contribution in [0, 0.1) is 11.3 Å². The normalized spacial score (nSPS) is 11.5. The molecule has 0 fully saturated rings. The molecule has 15 heavy (non-hydrogen) atoms. The number of nitriles is 1. The lowest BCUT2D eigenvalue weighted by Crippen LogP contribution is -2.06. The number of anilines is 1. The highest BCUT2D eigenvalue weighted by Gasteiger charge is 2.06. The first-order valence-corrected chi connectivity index (χ1v) is 5.07. The average Bonchev–Trinajstić information content (AvgIpc) is 2.17. The summed E-state index contributed by atoms with van der Waals surface area (Å²) in [6, 6.07) is 9.42. The number of hydrogen-bond donors (Lipinski definition) is 2. The summed E-state index contributed by atoms with van der Waals surface area (Å²) in [4.78, 5) is 10.8. The maximum atomic E-state index is 10.8. The predicted octanol–water partition coefficient (Wildman–Crippen LogP) is 2.53. The maximum Gasteiger partial charge on any atom is 0.221 e. The Bertz CT molecular complexity index is 398. The van der Waals surface area contributed by atoms with Crippen LogP contribution in [0.15, 0.2) is 24.3 Å². The Kier molecular flexibility index (Phi) is 4.19. The molecule has 0 aliphatic rings. The molecule has 4 heteroatoms. The Balaban J connectivity index is 2.83. The minimum absolute atomic E-state index is 0.108. The molecular weight excluding hydrogens is 208 g/mol. The van der Waals surface area contributed by atoms with Gasteiger partial charge in [0, 0.05) is 17.9 Å². The van der Waals surface area contributed by atoms with E-state index in [-0.39, 0.29) is 11.2 Å². The summed E-state index contributed by atoms with van der Waals surface area (Å²) in [6.07, 6.45) is 0.354. The molecule has 0 saturated carbocycles. The van der Waals surface area contributed by atoms with Gasteiger partial charge in [0.25, 0.3) is 0 Å². The highest BCUT2D eigenvalue weighted by Crippen LogP contribution is 2.25. The van der Waals surface area contributed by atoms with Crippen LogP contribution in [0.2, 0.25) is 0 Å². The zero-order valence-electron chi connectivity index (χ0n) is 8.40. The topological polar surface area (TPSA) is 52.9 Å². The summed E-state index contributed by atoms with van der Waals surface area (Å²) in [5, 5.41) is 11.1. The van der Waals surface area contributed by atoms with Gasteiger partial charge in [-0.25, -0.2) is 0 Å². The van der Waals surface area contributed by atoms with Gasteiger partial charge in [-0.1, -0.05) is 12.1 Å². The third kappa shape index (κ3) is 3.64. The van der Waals surface area contributed by atoms with Crippen LogP contribution in [-0.4, -0.2) is 5.91 Å². The fourth-order valence-corrected chi connectivity index (χ4v) is 1.47. The van der Waals surface area contributed by atoms with E-state index in [1.54, 1.807) is 6.07 Å². The number of nitrogens with one attached hydrogen (secondary N) is 1. The summed E-state index contributed by atoms with van der Waals surface area (Å²) in [5.74, 6) is -0.108. The van der Waals surface area contributed by atoms with Crippen LogP contribution in [0.5, 0.6) is 0 Å². The smallest absolute Gasteiger partial charge is 0.221 e. The third-order valence-corrected chi connectivity index (χ3v) is 2.36. The van der Waals surface area contributed by atoms with Gasteiger partial charge in [0.15, 0.2) is 0 Å². The second-order valence-electron chi connectivity index (χ2n) is 3.18. The van der Waals surface area contributed by atoms with Crippen molar-refractivity contribution in [2.45, 2.75) is 18.6 Å². The average molecular weight is 220 g/mol. The van der Waals surface area contributed by atoms with Crippen molar-refractivity contribution in [3.05, 3.63) is 29.8 Å². The minimum Gasteiger partial charge on any atom is -0.326 e. The van der Waals surface area contributed by atoms with Crippen molar-refractivity contribution in [2.75, 3.05) is 5.32 Å². The number of benzene rings is 1. The second kappa shape index (κ2) is 5.42. The van der Waals surface area contributed by atoms with E-state index in [0.29, 0.717) is 6.42 Å². The molecule has 1 atom stereocenters. The quantitative estimate of drug-likeness (QED) is 0.769. The number of carbonyl (C=O) groups excluding carboxylic acids is 1. The fraction of sp³-hybridized carbons (Fsp3) is 0.273. The highest BCUT2D eigenvalue weighted by atomic mass is 32.1. The molecule has 0 radical (unpaired) electrons. The minimum atomic E-state index is -0.108. The van der Waals surface area contributed by atoms with E-state index in [4.69, 9.17) is 5.26 Å². The maximum absolute atomic E-state index is 10.8. The zero-order valence-corrected chi connectivity index (χ0v) is 9.29. The van der Waals surface area contributed by atoms with Crippen molar-refractivity contribution in [3.63, 3.8) is 0 Å². The van der Waals surface area contributed by atoms with Crippen LogP contribution in [0.25, 0.3) is 0 Å². The SMILES string of the molecule is CC(=O)Nc1cccc(C(S)CC#N)c1. The van der Waals surface area contributed by atoms with Gasteiger partial charge in [0.2, 0.25) is 5.91 Å². The lowest BCUT2D eigenvalue weighted by atomic mass is 10.1. The van der Waals surface area contributed by atoms with E-state index >= 15 is 0 Å². The van der Waals surface area contributed by atoms with Crippen LogP contribution in [0.1, 0.15) is 24.2 Å². The first-order chi connectivity index (χ1) is 7.13. The molecule has 0 aliphatic carbocycles. The van der Waals surface area contributed by atoms with Gasteiger partial charge in [0.1, 0.15) is 0 Å². The van der Waals surface area contributed by atoms with Gasteiger partial charge in [-0.2, -0.15) is 17.9 Å². The first-order valence-electron chi connectivity index (χ1n) is 4.56. The van der Waals surface area contributed by atoms with Crippen molar-refractivity contribution in [2.24, 2.45) is 0 Å². The number of amides is 1. The molecule has 78 valence electrons. The Morgan fingerprint density at radius 1 is 1.67 bits per heavy atom. The zero-order chi connectivity index (χ0) is 11.3. The summed E-state index contributed by atoms with van der Waals surface area (Å²) >= 11 is 4.30. The molecule has 1 unspecified atom stereocenters. The van der Waals surface area contributed by atoms with Crippen molar-refractivity contribution < 1.29 is 4.79 Å². The van der Waals surface area contributed by atoms with Gasteiger partial charge < -0.3 is 5.32 Å². The van der Waals surface area contributed by atoms with Crippen molar-refractivity contribution >= 4 is 24.2 Å².